The van der Waals surface area contributed by atoms with Gasteiger partial charge in [0.25, 0.3) is 5.91 Å². The summed E-state index contributed by atoms with van der Waals surface area (Å²) in [7, 11) is 0. The number of nitrogens with one attached hydrogen (secondary N) is 1. The van der Waals surface area contributed by atoms with Gasteiger partial charge >= 0.3 is 5.97 Å². The predicted octanol–water partition coefficient (Wildman–Crippen LogP) is 5.03. The van der Waals surface area contributed by atoms with E-state index in [4.69, 9.17) is 9.47 Å². The lowest BCUT2D eigenvalue weighted by Gasteiger charge is -2.09. The van der Waals surface area contributed by atoms with Crippen LogP contribution >= 0.6 is 11.3 Å². The molecule has 0 saturated carbocycles. The third-order valence-corrected chi connectivity index (χ3v) is 4.79. The second-order valence-electron chi connectivity index (χ2n) is 6.43. The van der Waals surface area contributed by atoms with Crippen molar-refractivity contribution < 1.29 is 19.1 Å². The first-order valence-electron chi connectivity index (χ1n) is 9.29. The molecule has 0 unspecified atom stereocenters. The Bertz CT molecular complexity index is 982. The van der Waals surface area contributed by atoms with Crippen LogP contribution in [0.4, 0.5) is 5.13 Å². The van der Waals surface area contributed by atoms with E-state index in [2.05, 4.69) is 10.3 Å². The molecular weight excluding hydrogens is 388 g/mol. The molecule has 0 radical (unpaired) electrons. The Hall–Kier alpha value is -3.19. The third-order valence-electron chi connectivity index (χ3n) is 3.84. The zero-order chi connectivity index (χ0) is 20.8. The highest BCUT2D eigenvalue weighted by molar-refractivity contribution is 7.18. The van der Waals surface area contributed by atoms with Crippen LogP contribution in [0.25, 0.3) is 11.3 Å². The van der Waals surface area contributed by atoms with Crippen molar-refractivity contribution in [3.05, 3.63) is 65.0 Å². The van der Waals surface area contributed by atoms with Gasteiger partial charge in [-0.1, -0.05) is 41.7 Å². The van der Waals surface area contributed by atoms with Crippen molar-refractivity contribution in [3.8, 4) is 17.0 Å². The van der Waals surface area contributed by atoms with E-state index < -0.39 is 5.97 Å². The Labute approximate surface area is 173 Å². The molecule has 0 spiro atoms. The normalized spacial score (nSPS) is 10.6. The summed E-state index contributed by atoms with van der Waals surface area (Å²) in [4.78, 5) is 29.8. The number of hydrogen-bond donors (Lipinski definition) is 1. The maximum Gasteiger partial charge on any atom is 0.350 e. The maximum atomic E-state index is 12.6. The summed E-state index contributed by atoms with van der Waals surface area (Å²) < 4.78 is 10.7. The number of carbonyl (C=O) groups excluding carboxylic acids is 2. The zero-order valence-electron chi connectivity index (χ0n) is 16.5. The van der Waals surface area contributed by atoms with Crippen molar-refractivity contribution in [2.75, 3.05) is 11.9 Å². The van der Waals surface area contributed by atoms with E-state index in [0.717, 1.165) is 16.9 Å². The van der Waals surface area contributed by atoms with E-state index in [1.54, 1.807) is 31.2 Å². The minimum Gasteiger partial charge on any atom is -0.491 e. The van der Waals surface area contributed by atoms with Crippen molar-refractivity contribution in [2.45, 2.75) is 26.9 Å². The highest BCUT2D eigenvalue weighted by Gasteiger charge is 2.21. The summed E-state index contributed by atoms with van der Waals surface area (Å²) in [6.45, 7) is 5.89. The number of nitrogens with zero attached hydrogens (tertiary/aromatic N) is 1. The van der Waals surface area contributed by atoms with Gasteiger partial charge in [-0.15, -0.1) is 0 Å². The molecule has 1 N–H and O–H groups in total. The summed E-state index contributed by atoms with van der Waals surface area (Å²) in [5.41, 5.74) is 1.74. The number of thiazole rings is 1. The quantitative estimate of drug-likeness (QED) is 0.553. The smallest absolute Gasteiger partial charge is 0.350 e. The molecule has 0 aliphatic heterocycles. The number of benzene rings is 2. The van der Waals surface area contributed by atoms with E-state index >= 15 is 0 Å². The number of ether oxygens (including phenoxy) is 2. The van der Waals surface area contributed by atoms with Crippen molar-refractivity contribution >= 4 is 28.3 Å². The number of aromatic nitrogens is 1. The fourth-order valence-corrected chi connectivity index (χ4v) is 3.50. The fourth-order valence-electron chi connectivity index (χ4n) is 2.63. The molecule has 7 heteroatoms. The minimum atomic E-state index is -0.459. The molecule has 29 heavy (non-hydrogen) atoms. The topological polar surface area (TPSA) is 77.5 Å². The average molecular weight is 410 g/mol. The van der Waals surface area contributed by atoms with Crippen LogP contribution in [0, 0.1) is 0 Å². The first kappa shape index (κ1) is 20.5. The largest absolute Gasteiger partial charge is 0.491 e. The Morgan fingerprint density at radius 1 is 1.07 bits per heavy atom. The van der Waals surface area contributed by atoms with Gasteiger partial charge in [0, 0.05) is 11.1 Å². The summed E-state index contributed by atoms with van der Waals surface area (Å²) >= 11 is 1.09. The van der Waals surface area contributed by atoms with Crippen LogP contribution in [0.1, 0.15) is 40.8 Å². The van der Waals surface area contributed by atoms with Gasteiger partial charge in [-0.2, -0.15) is 0 Å². The summed E-state index contributed by atoms with van der Waals surface area (Å²) in [6.07, 6.45) is 0.0581. The van der Waals surface area contributed by atoms with Crippen LogP contribution in [0.15, 0.2) is 54.6 Å². The zero-order valence-corrected chi connectivity index (χ0v) is 17.3. The standard InChI is InChI=1S/C22H22N2O4S/c1-4-27-21(26)19-18(15-8-6-5-7-9-15)23-22(29-19)24-20(25)16-10-12-17(13-11-16)28-14(2)3/h5-14H,4H2,1-3H3,(H,23,24,25). The van der Waals surface area contributed by atoms with Gasteiger partial charge in [0.1, 0.15) is 10.6 Å². The lowest BCUT2D eigenvalue weighted by molar-refractivity contribution is 0.0532. The lowest BCUT2D eigenvalue weighted by Crippen LogP contribution is -2.12. The minimum absolute atomic E-state index is 0.0581. The Kier molecular flexibility index (Phi) is 6.61. The van der Waals surface area contributed by atoms with Crippen LogP contribution in [0.3, 0.4) is 0 Å². The molecule has 150 valence electrons. The maximum absolute atomic E-state index is 12.6. The molecule has 1 heterocycles. The van der Waals surface area contributed by atoms with Gasteiger partial charge in [0.15, 0.2) is 5.13 Å². The first-order valence-corrected chi connectivity index (χ1v) is 10.1. The molecule has 2 aromatic carbocycles. The SMILES string of the molecule is CCOC(=O)c1sc(NC(=O)c2ccc(OC(C)C)cc2)nc1-c1ccccc1. The monoisotopic (exact) mass is 410 g/mol. The molecule has 0 atom stereocenters. The molecule has 3 rings (SSSR count). The van der Waals surface area contributed by atoms with E-state index in [1.165, 1.54) is 0 Å². The fraction of sp³-hybridized carbons (Fsp3) is 0.227. The highest BCUT2D eigenvalue weighted by Crippen LogP contribution is 2.32. The Morgan fingerprint density at radius 3 is 2.38 bits per heavy atom. The van der Waals surface area contributed by atoms with Crippen LogP contribution in [0.2, 0.25) is 0 Å². The van der Waals surface area contributed by atoms with Gasteiger partial charge in [0.2, 0.25) is 0 Å². The van der Waals surface area contributed by atoms with Gasteiger partial charge < -0.3 is 9.47 Å². The van der Waals surface area contributed by atoms with Crippen LogP contribution < -0.4 is 10.1 Å². The number of anilines is 1. The molecule has 0 bridgehead atoms. The first-order chi connectivity index (χ1) is 14.0. The number of carbonyl (C=O) groups is 2. The molecule has 3 aromatic rings. The van der Waals surface area contributed by atoms with Crippen molar-refractivity contribution in [2.24, 2.45) is 0 Å². The highest BCUT2D eigenvalue weighted by atomic mass is 32.1. The number of rotatable bonds is 7. The summed E-state index contributed by atoms with van der Waals surface area (Å²) in [5, 5.41) is 3.10. The number of amides is 1. The molecule has 1 amide bonds. The van der Waals surface area contributed by atoms with Gasteiger partial charge in [-0.3, -0.25) is 10.1 Å². The second-order valence-corrected chi connectivity index (χ2v) is 7.43. The second kappa shape index (κ2) is 9.34. The van der Waals surface area contributed by atoms with E-state index in [0.29, 0.717) is 27.0 Å². The Morgan fingerprint density at radius 2 is 1.76 bits per heavy atom. The molecular formula is C22H22N2O4S. The number of esters is 1. The van der Waals surface area contributed by atoms with Gasteiger partial charge in [-0.05, 0) is 45.0 Å². The van der Waals surface area contributed by atoms with Gasteiger partial charge in [0.05, 0.1) is 18.4 Å². The predicted molar refractivity (Wildman–Crippen MR) is 114 cm³/mol. The molecule has 1 aromatic heterocycles. The molecule has 0 fully saturated rings. The molecule has 0 saturated heterocycles. The van der Waals surface area contributed by atoms with Crippen LogP contribution in [0.5, 0.6) is 5.75 Å². The average Bonchev–Trinajstić information content (AvgIpc) is 3.13. The van der Waals surface area contributed by atoms with E-state index in [1.807, 2.05) is 44.2 Å². The molecule has 0 aliphatic rings. The summed E-state index contributed by atoms with van der Waals surface area (Å²) in [5.74, 6) is -0.0776. The van der Waals surface area contributed by atoms with E-state index in [-0.39, 0.29) is 18.6 Å². The van der Waals surface area contributed by atoms with Crippen LogP contribution in [-0.4, -0.2) is 29.6 Å². The number of hydrogen-bond acceptors (Lipinski definition) is 6. The molecule has 6 nitrogen and oxygen atoms in total. The van der Waals surface area contributed by atoms with Crippen molar-refractivity contribution in [3.63, 3.8) is 0 Å². The van der Waals surface area contributed by atoms with Crippen molar-refractivity contribution in [1.29, 1.82) is 0 Å². The van der Waals surface area contributed by atoms with Crippen molar-refractivity contribution in [1.82, 2.24) is 4.98 Å². The van der Waals surface area contributed by atoms with Crippen LogP contribution in [-0.2, 0) is 4.74 Å². The van der Waals surface area contributed by atoms with Gasteiger partial charge in [-0.25, -0.2) is 9.78 Å². The molecule has 0 aliphatic carbocycles. The lowest BCUT2D eigenvalue weighted by atomic mass is 10.1. The Balaban J connectivity index is 1.83. The van der Waals surface area contributed by atoms with E-state index in [9.17, 15) is 9.59 Å². The summed E-state index contributed by atoms with van der Waals surface area (Å²) in [6, 6.07) is 16.2. The third kappa shape index (κ3) is 5.20.